The van der Waals surface area contributed by atoms with Gasteiger partial charge in [0.2, 0.25) is 11.8 Å². The molecule has 29 heavy (non-hydrogen) atoms. The molecule has 152 valence electrons. The molecule has 0 atom stereocenters. The van der Waals surface area contributed by atoms with E-state index in [1.54, 1.807) is 6.07 Å². The number of morpholine rings is 1. The Balaban J connectivity index is 1.74. The Kier molecular flexibility index (Phi) is 5.87. The second-order valence-electron chi connectivity index (χ2n) is 6.67. The second kappa shape index (κ2) is 8.89. The van der Waals surface area contributed by atoms with Gasteiger partial charge in [0.05, 0.1) is 13.2 Å². The summed E-state index contributed by atoms with van der Waals surface area (Å²) in [5.74, 6) is 6.90. The molecule has 0 bridgehead atoms. The van der Waals surface area contributed by atoms with Gasteiger partial charge in [-0.05, 0) is 13.1 Å². The van der Waals surface area contributed by atoms with E-state index < -0.39 is 0 Å². The summed E-state index contributed by atoms with van der Waals surface area (Å²) in [5.41, 5.74) is 3.10. The Labute approximate surface area is 168 Å². The third-order valence-electron chi connectivity index (χ3n) is 4.80. The number of rotatable bonds is 7. The average Bonchev–Trinajstić information content (AvgIpc) is 3.19. The molecule has 1 saturated heterocycles. The molecule has 0 spiro atoms. The number of aromatic nitrogens is 3. The fourth-order valence-electron chi connectivity index (χ4n) is 3.31. The van der Waals surface area contributed by atoms with Crippen molar-refractivity contribution in [2.45, 2.75) is 0 Å². The number of H-pyrrole nitrogens is 1. The minimum atomic E-state index is 0.493. The summed E-state index contributed by atoms with van der Waals surface area (Å²) in [6.45, 7) is 3.95. The van der Waals surface area contributed by atoms with E-state index >= 15 is 0 Å². The highest BCUT2D eigenvalue weighted by atomic mass is 16.5. The zero-order valence-corrected chi connectivity index (χ0v) is 16.4. The summed E-state index contributed by atoms with van der Waals surface area (Å²) in [5, 5.41) is 8.16. The number of nitrogens with one attached hydrogen (secondary N) is 2. The second-order valence-corrected chi connectivity index (χ2v) is 6.67. The summed E-state index contributed by atoms with van der Waals surface area (Å²) < 4.78 is 11.3. The van der Waals surface area contributed by atoms with Crippen LogP contribution in [0.4, 0.5) is 5.95 Å². The van der Waals surface area contributed by atoms with E-state index in [0.29, 0.717) is 49.6 Å². The van der Waals surface area contributed by atoms with Gasteiger partial charge in [-0.1, -0.05) is 18.2 Å². The Morgan fingerprint density at radius 1 is 1.31 bits per heavy atom. The first-order chi connectivity index (χ1) is 14.3. The van der Waals surface area contributed by atoms with Gasteiger partial charge in [0.1, 0.15) is 18.0 Å². The number of para-hydroxylation sites is 1. The van der Waals surface area contributed by atoms with Crippen LogP contribution in [0, 0.1) is 0 Å². The van der Waals surface area contributed by atoms with Crippen LogP contribution in [0.2, 0.25) is 0 Å². The fourth-order valence-corrected chi connectivity index (χ4v) is 3.31. The number of aromatic amines is 1. The van der Waals surface area contributed by atoms with Gasteiger partial charge in [-0.2, -0.15) is 10.1 Å². The number of nitrogens with zero attached hydrogens (tertiary/aromatic N) is 4. The quantitative estimate of drug-likeness (QED) is 0.238. The Morgan fingerprint density at radius 2 is 2.14 bits per heavy atom. The fraction of sp³-hybridized carbons (Fsp3) is 0.350. The predicted molar refractivity (Wildman–Crippen MR) is 113 cm³/mol. The number of likely N-dealkylation sites (N-methyl/N-ethyl adjacent to an activating group) is 1. The third-order valence-corrected chi connectivity index (χ3v) is 4.80. The molecule has 1 aromatic carbocycles. The molecule has 3 aromatic rings. The molecule has 1 fully saturated rings. The lowest BCUT2D eigenvalue weighted by atomic mass is 10.1. The van der Waals surface area contributed by atoms with Gasteiger partial charge in [-0.15, -0.1) is 0 Å². The van der Waals surface area contributed by atoms with Gasteiger partial charge >= 0.3 is 0 Å². The van der Waals surface area contributed by atoms with Crippen molar-refractivity contribution < 1.29 is 9.47 Å². The highest BCUT2D eigenvalue weighted by Crippen LogP contribution is 2.24. The minimum Gasteiger partial charge on any atom is -0.476 e. The topological polar surface area (TPSA) is 114 Å². The van der Waals surface area contributed by atoms with Crippen molar-refractivity contribution in [3.63, 3.8) is 0 Å². The van der Waals surface area contributed by atoms with Crippen molar-refractivity contribution in [2.75, 3.05) is 51.4 Å². The van der Waals surface area contributed by atoms with Crippen molar-refractivity contribution in [2.24, 2.45) is 10.9 Å². The number of hydrogen-bond donors (Lipinski definition) is 3. The van der Waals surface area contributed by atoms with Crippen molar-refractivity contribution in [1.29, 1.82) is 0 Å². The number of ether oxygens (including phenoxy) is 2. The smallest absolute Gasteiger partial charge is 0.229 e. The average molecular weight is 395 g/mol. The molecule has 3 heterocycles. The molecule has 0 amide bonds. The van der Waals surface area contributed by atoms with Gasteiger partial charge in [0, 0.05) is 48.4 Å². The number of hydrogen-bond acceptors (Lipinski definition) is 8. The third kappa shape index (κ3) is 4.15. The summed E-state index contributed by atoms with van der Waals surface area (Å²) >= 11 is 0. The molecule has 1 aliphatic rings. The van der Waals surface area contributed by atoms with Crippen LogP contribution >= 0.6 is 0 Å². The molecular formula is C20H25N7O2. The van der Waals surface area contributed by atoms with Crippen LogP contribution in [0.3, 0.4) is 0 Å². The molecular weight excluding hydrogens is 370 g/mol. The number of nitrogens with two attached hydrogens (primary N) is 1. The lowest BCUT2D eigenvalue weighted by Gasteiger charge is -2.27. The van der Waals surface area contributed by atoms with Crippen molar-refractivity contribution in [1.82, 2.24) is 20.3 Å². The van der Waals surface area contributed by atoms with E-state index in [0.717, 1.165) is 29.6 Å². The summed E-state index contributed by atoms with van der Waals surface area (Å²) in [7, 11) is 1.88. The van der Waals surface area contributed by atoms with Crippen LogP contribution in [-0.2, 0) is 4.74 Å². The van der Waals surface area contributed by atoms with Crippen molar-refractivity contribution in [3.05, 3.63) is 47.8 Å². The van der Waals surface area contributed by atoms with Crippen molar-refractivity contribution in [3.8, 4) is 5.88 Å². The summed E-state index contributed by atoms with van der Waals surface area (Å²) in [4.78, 5) is 14.7. The molecule has 9 nitrogen and oxygen atoms in total. The van der Waals surface area contributed by atoms with E-state index in [1.165, 1.54) is 0 Å². The monoisotopic (exact) mass is 395 g/mol. The van der Waals surface area contributed by atoms with E-state index in [9.17, 15) is 0 Å². The van der Waals surface area contributed by atoms with Crippen LogP contribution in [0.1, 0.15) is 11.3 Å². The molecule has 9 heteroatoms. The van der Waals surface area contributed by atoms with Crippen LogP contribution in [-0.4, -0.2) is 67.2 Å². The molecule has 0 radical (unpaired) electrons. The van der Waals surface area contributed by atoms with Gasteiger partial charge < -0.3 is 30.5 Å². The van der Waals surface area contributed by atoms with Gasteiger partial charge in [0.15, 0.2) is 0 Å². The lowest BCUT2D eigenvalue weighted by molar-refractivity contribution is 0.122. The zero-order chi connectivity index (χ0) is 20.1. The van der Waals surface area contributed by atoms with Gasteiger partial charge in [-0.25, -0.2) is 4.98 Å². The summed E-state index contributed by atoms with van der Waals surface area (Å²) in [6, 6.07) is 9.79. The summed E-state index contributed by atoms with van der Waals surface area (Å²) in [6.07, 6.45) is 1.90. The number of benzene rings is 1. The van der Waals surface area contributed by atoms with Crippen molar-refractivity contribution >= 4 is 22.6 Å². The standard InChI is InChI=1S/C20H25N7O2/c1-22-6-9-29-18-12-17(24-20(25-18)27-7-10-28-11-8-27)19(26-21)15-13-23-16-5-3-2-4-14(15)16/h2-5,12-13,22-23H,6-11,21H2,1H3/b26-19-. The number of hydrazone groups is 1. The molecule has 1 aliphatic heterocycles. The van der Waals surface area contributed by atoms with E-state index in [-0.39, 0.29) is 0 Å². The van der Waals surface area contributed by atoms with Crippen LogP contribution in [0.5, 0.6) is 5.88 Å². The van der Waals surface area contributed by atoms with Crippen LogP contribution in [0.25, 0.3) is 10.9 Å². The molecule has 4 N–H and O–H groups in total. The van der Waals surface area contributed by atoms with E-state index in [4.69, 9.17) is 20.3 Å². The van der Waals surface area contributed by atoms with Gasteiger partial charge in [-0.3, -0.25) is 0 Å². The van der Waals surface area contributed by atoms with Crippen LogP contribution < -0.4 is 20.8 Å². The number of fused-ring (bicyclic) bond motifs is 1. The normalized spacial score (nSPS) is 15.1. The maximum atomic E-state index is 5.84. The van der Waals surface area contributed by atoms with E-state index in [1.807, 2.05) is 37.5 Å². The SMILES string of the molecule is CNCCOc1cc(/C(=N\N)c2c[nH]c3ccccc23)nc(N2CCOCC2)n1. The Morgan fingerprint density at radius 3 is 2.93 bits per heavy atom. The first-order valence-electron chi connectivity index (χ1n) is 9.64. The molecule has 4 rings (SSSR count). The predicted octanol–water partition coefficient (Wildman–Crippen LogP) is 1.10. The van der Waals surface area contributed by atoms with Crippen LogP contribution in [0.15, 0.2) is 41.6 Å². The highest BCUT2D eigenvalue weighted by Gasteiger charge is 2.20. The molecule has 2 aromatic heterocycles. The molecule has 0 unspecified atom stereocenters. The highest BCUT2D eigenvalue weighted by molar-refractivity contribution is 6.18. The van der Waals surface area contributed by atoms with Gasteiger partial charge in [0.25, 0.3) is 0 Å². The zero-order valence-electron chi connectivity index (χ0n) is 16.4. The first-order valence-corrected chi connectivity index (χ1v) is 9.64. The Hall–Kier alpha value is -3.17. The lowest BCUT2D eigenvalue weighted by Crippen LogP contribution is -2.37. The molecule has 0 aliphatic carbocycles. The number of anilines is 1. The molecule has 0 saturated carbocycles. The Bertz CT molecular complexity index is 995. The van der Waals surface area contributed by atoms with E-state index in [2.05, 4.69) is 25.3 Å². The first kappa shape index (κ1) is 19.2. The minimum absolute atomic E-state index is 0.493. The maximum absolute atomic E-state index is 5.84. The largest absolute Gasteiger partial charge is 0.476 e. The maximum Gasteiger partial charge on any atom is 0.229 e.